The number of nitrogens with one attached hydrogen (secondary N) is 1. The van der Waals surface area contributed by atoms with Crippen molar-refractivity contribution in [3.8, 4) is 0 Å². The molecule has 2 aliphatic heterocycles. The third kappa shape index (κ3) is 3.76. The summed E-state index contributed by atoms with van der Waals surface area (Å²) in [6, 6.07) is 4.91. The summed E-state index contributed by atoms with van der Waals surface area (Å²) in [5.41, 5.74) is 1.11. The van der Waals surface area contributed by atoms with Crippen molar-refractivity contribution in [1.29, 1.82) is 0 Å². The molecule has 0 aliphatic carbocycles. The zero-order chi connectivity index (χ0) is 22.3. The second kappa shape index (κ2) is 8.23. The summed E-state index contributed by atoms with van der Waals surface area (Å²) in [6.45, 7) is 0.542. The monoisotopic (exact) mass is 461 g/mol. The molecular formula is C22H22F3N5OS. The molecule has 32 heavy (non-hydrogen) atoms. The molecule has 3 aromatic rings. The van der Waals surface area contributed by atoms with Gasteiger partial charge in [0.1, 0.15) is 11.4 Å². The molecule has 1 saturated heterocycles. The molecule has 3 aromatic heterocycles. The number of fused-ring (bicyclic) bond motifs is 1. The molecule has 2 aliphatic rings. The molecule has 1 fully saturated rings. The van der Waals surface area contributed by atoms with Crippen LogP contribution in [0.2, 0.25) is 0 Å². The van der Waals surface area contributed by atoms with E-state index in [0.29, 0.717) is 6.54 Å². The summed E-state index contributed by atoms with van der Waals surface area (Å²) >= 11 is 1.40. The number of thiophene rings is 1. The van der Waals surface area contributed by atoms with Gasteiger partial charge in [-0.15, -0.1) is 11.3 Å². The van der Waals surface area contributed by atoms with Crippen molar-refractivity contribution < 1.29 is 18.0 Å². The highest BCUT2D eigenvalue weighted by Crippen LogP contribution is 2.45. The Balaban J connectivity index is 1.51. The highest BCUT2D eigenvalue weighted by Gasteiger charge is 2.48. The molecule has 3 atom stereocenters. The van der Waals surface area contributed by atoms with Gasteiger partial charge in [0.15, 0.2) is 6.04 Å². The second-order valence-corrected chi connectivity index (χ2v) is 9.13. The van der Waals surface area contributed by atoms with Crippen LogP contribution >= 0.6 is 11.3 Å². The summed E-state index contributed by atoms with van der Waals surface area (Å²) in [6.07, 6.45) is 2.67. The van der Waals surface area contributed by atoms with Gasteiger partial charge in [-0.1, -0.05) is 12.1 Å². The zero-order valence-electron chi connectivity index (χ0n) is 17.1. The van der Waals surface area contributed by atoms with Gasteiger partial charge in [0.05, 0.1) is 18.3 Å². The number of alkyl halides is 3. The van der Waals surface area contributed by atoms with E-state index in [2.05, 4.69) is 15.4 Å². The largest absolute Gasteiger partial charge is 0.410 e. The van der Waals surface area contributed by atoms with Gasteiger partial charge in [0.2, 0.25) is 0 Å². The molecule has 1 N–H and O–H groups in total. The minimum atomic E-state index is -4.47. The Morgan fingerprint density at radius 3 is 2.78 bits per heavy atom. The van der Waals surface area contributed by atoms with Gasteiger partial charge in [0.25, 0.3) is 5.91 Å². The maximum Gasteiger partial charge on any atom is 0.410 e. The number of carbonyl (C=O) groups is 1. The van der Waals surface area contributed by atoms with Crippen molar-refractivity contribution >= 4 is 23.1 Å². The van der Waals surface area contributed by atoms with E-state index in [1.165, 1.54) is 17.5 Å². The normalized spacial score (nSPS) is 23.5. The Hall–Kier alpha value is -2.88. The number of hydrogen-bond acceptors (Lipinski definition) is 5. The average Bonchev–Trinajstić information content (AvgIpc) is 3.48. The number of anilines is 1. The number of aromatic nitrogens is 3. The lowest BCUT2D eigenvalue weighted by molar-refractivity contribution is -0.173. The maximum atomic E-state index is 13.9. The molecule has 6 nitrogen and oxygen atoms in total. The summed E-state index contributed by atoms with van der Waals surface area (Å²) in [7, 11) is 0. The number of nitrogens with zero attached hydrogens (tertiary/aromatic N) is 4. The first-order chi connectivity index (χ1) is 15.4. The third-order valence-electron chi connectivity index (χ3n) is 6.19. The topological polar surface area (TPSA) is 63.1 Å². The molecule has 5 rings (SSSR count). The summed E-state index contributed by atoms with van der Waals surface area (Å²) in [4.78, 5) is 20.3. The van der Waals surface area contributed by atoms with Gasteiger partial charge < -0.3 is 10.2 Å². The minimum Gasteiger partial charge on any atom is -0.362 e. The fourth-order valence-corrected chi connectivity index (χ4v) is 5.43. The van der Waals surface area contributed by atoms with Gasteiger partial charge >= 0.3 is 6.18 Å². The van der Waals surface area contributed by atoms with Crippen LogP contribution in [0.4, 0.5) is 19.0 Å². The van der Waals surface area contributed by atoms with E-state index >= 15 is 0 Å². The molecule has 0 spiro atoms. The maximum absolute atomic E-state index is 13.9. The Labute approximate surface area is 187 Å². The van der Waals surface area contributed by atoms with Gasteiger partial charge in [-0.05, 0) is 42.3 Å². The number of hydrogen-bond donors (Lipinski definition) is 1. The van der Waals surface area contributed by atoms with Crippen LogP contribution in [0.25, 0.3) is 0 Å². The van der Waals surface area contributed by atoms with Crippen molar-refractivity contribution in [1.82, 2.24) is 19.7 Å². The SMILES string of the molecule is O=C(c1cnn2c1N[C@H](c1cccs1)C[C@H]2C(F)(F)F)N1CCCC[C@@H]1c1cccnc1. The third-order valence-corrected chi connectivity index (χ3v) is 7.17. The standard InChI is InChI=1S/C22H22F3N5OS/c23-22(24,25)19-11-16(18-7-4-10-32-18)28-20-15(13-27-30(19)20)21(31)29-9-2-1-6-17(29)14-5-3-8-26-12-14/h3-5,7-8,10,12-13,16-17,19,28H,1-2,6,9,11H2/t16-,17+,19-/m0/s1. The molecule has 0 saturated carbocycles. The van der Waals surface area contributed by atoms with Crippen molar-refractivity contribution in [2.45, 2.75) is 50.0 Å². The molecular weight excluding hydrogens is 439 g/mol. The van der Waals surface area contributed by atoms with Crippen LogP contribution in [0.15, 0.2) is 48.2 Å². The van der Waals surface area contributed by atoms with Crippen LogP contribution in [0.5, 0.6) is 0 Å². The highest BCUT2D eigenvalue weighted by molar-refractivity contribution is 7.10. The van der Waals surface area contributed by atoms with E-state index in [1.807, 2.05) is 29.6 Å². The minimum absolute atomic E-state index is 0.137. The number of carbonyl (C=O) groups excluding carboxylic acids is 1. The number of likely N-dealkylation sites (tertiary alicyclic amines) is 1. The lowest BCUT2D eigenvalue weighted by atomic mass is 9.95. The van der Waals surface area contributed by atoms with Crippen LogP contribution in [-0.2, 0) is 0 Å². The predicted molar refractivity (Wildman–Crippen MR) is 114 cm³/mol. The second-order valence-electron chi connectivity index (χ2n) is 8.15. The fraction of sp³-hybridized carbons (Fsp3) is 0.409. The number of halogens is 3. The van der Waals surface area contributed by atoms with Crippen LogP contribution in [0, 0.1) is 0 Å². The van der Waals surface area contributed by atoms with E-state index < -0.39 is 18.3 Å². The van der Waals surface area contributed by atoms with Crippen molar-refractivity contribution in [2.75, 3.05) is 11.9 Å². The van der Waals surface area contributed by atoms with Gasteiger partial charge in [-0.3, -0.25) is 9.78 Å². The first-order valence-corrected chi connectivity index (χ1v) is 11.5. The Morgan fingerprint density at radius 2 is 2.06 bits per heavy atom. The number of piperidine rings is 1. The van der Waals surface area contributed by atoms with Crippen molar-refractivity contribution in [3.63, 3.8) is 0 Å². The van der Waals surface area contributed by atoms with E-state index in [4.69, 9.17) is 0 Å². The van der Waals surface area contributed by atoms with Crippen LogP contribution in [0.3, 0.4) is 0 Å². The molecule has 0 unspecified atom stereocenters. The highest BCUT2D eigenvalue weighted by atomic mass is 32.1. The quantitative estimate of drug-likeness (QED) is 0.570. The van der Waals surface area contributed by atoms with Gasteiger partial charge in [-0.25, -0.2) is 4.68 Å². The lowest BCUT2D eigenvalue weighted by Crippen LogP contribution is -2.40. The zero-order valence-corrected chi connectivity index (χ0v) is 17.9. The number of pyridine rings is 1. The lowest BCUT2D eigenvalue weighted by Gasteiger charge is -2.37. The Kier molecular flexibility index (Phi) is 5.40. The van der Waals surface area contributed by atoms with Crippen LogP contribution in [0.1, 0.15) is 64.6 Å². The first kappa shape index (κ1) is 21.0. The Morgan fingerprint density at radius 1 is 1.19 bits per heavy atom. The Bertz CT molecular complexity index is 1080. The summed E-state index contributed by atoms with van der Waals surface area (Å²) in [5, 5.41) is 9.02. The molecule has 1 amide bonds. The van der Waals surface area contributed by atoms with E-state index in [1.54, 1.807) is 17.3 Å². The number of amides is 1. The average molecular weight is 462 g/mol. The molecule has 0 radical (unpaired) electrons. The van der Waals surface area contributed by atoms with E-state index in [-0.39, 0.29) is 29.8 Å². The smallest absolute Gasteiger partial charge is 0.362 e. The number of rotatable bonds is 3. The van der Waals surface area contributed by atoms with Gasteiger partial charge in [-0.2, -0.15) is 18.3 Å². The van der Waals surface area contributed by atoms with Crippen molar-refractivity contribution in [3.05, 3.63) is 64.2 Å². The predicted octanol–water partition coefficient (Wildman–Crippen LogP) is 5.37. The van der Waals surface area contributed by atoms with E-state index in [9.17, 15) is 18.0 Å². The van der Waals surface area contributed by atoms with Crippen LogP contribution < -0.4 is 5.32 Å². The molecule has 5 heterocycles. The van der Waals surface area contributed by atoms with Crippen LogP contribution in [-0.4, -0.2) is 38.3 Å². The summed E-state index contributed by atoms with van der Waals surface area (Å²) in [5.74, 6) is -0.169. The summed E-state index contributed by atoms with van der Waals surface area (Å²) < 4.78 is 42.6. The van der Waals surface area contributed by atoms with Gasteiger partial charge in [0, 0.05) is 30.2 Å². The molecule has 0 bridgehead atoms. The first-order valence-electron chi connectivity index (χ1n) is 10.6. The fourth-order valence-electron chi connectivity index (χ4n) is 4.64. The van der Waals surface area contributed by atoms with E-state index in [0.717, 1.165) is 34.4 Å². The van der Waals surface area contributed by atoms with Crippen molar-refractivity contribution in [2.24, 2.45) is 0 Å². The molecule has 0 aromatic carbocycles. The molecule has 168 valence electrons. The molecule has 10 heteroatoms.